The van der Waals surface area contributed by atoms with Gasteiger partial charge in [-0.05, 0) is 73.7 Å². The van der Waals surface area contributed by atoms with Crippen molar-refractivity contribution in [2.24, 2.45) is 5.41 Å². The van der Waals surface area contributed by atoms with Crippen LogP contribution in [-0.2, 0) is 10.5 Å². The van der Waals surface area contributed by atoms with Gasteiger partial charge in [0.25, 0.3) is 0 Å². The van der Waals surface area contributed by atoms with Crippen molar-refractivity contribution in [2.45, 2.75) is 50.7 Å². The molecule has 0 atom stereocenters. The third-order valence-corrected chi connectivity index (χ3v) is 7.58. The van der Waals surface area contributed by atoms with Crippen molar-refractivity contribution >= 4 is 35.6 Å². The van der Waals surface area contributed by atoms with E-state index in [9.17, 15) is 9.90 Å². The third-order valence-electron chi connectivity index (χ3n) is 6.37. The molecule has 0 bridgehead atoms. The molecule has 2 N–H and O–H groups in total. The number of nitrogens with one attached hydrogen (secondary N) is 1. The number of hydrogen-bond acceptors (Lipinski definition) is 4. The molecular formula is C29H34N2O2S. The number of carbonyl (C=O) groups is 1. The lowest BCUT2D eigenvalue weighted by Crippen LogP contribution is -2.31. The largest absolute Gasteiger partial charge is 0.481 e. The second-order valence-corrected chi connectivity index (χ2v) is 9.55. The van der Waals surface area contributed by atoms with Gasteiger partial charge in [0.05, 0.1) is 16.8 Å². The minimum Gasteiger partial charge on any atom is -0.481 e. The number of thioether (sulfide) groups is 1. The molecule has 3 aromatic rings. The van der Waals surface area contributed by atoms with Crippen LogP contribution in [0.2, 0.25) is 0 Å². The highest BCUT2D eigenvalue weighted by atomic mass is 32.2. The smallest absolute Gasteiger partial charge is 0.309 e. The number of carboxylic acid groups (broad SMARTS) is 1. The molecule has 0 aliphatic carbocycles. The average Bonchev–Trinajstić information content (AvgIpc) is 2.85. The van der Waals surface area contributed by atoms with Crippen molar-refractivity contribution in [3.63, 3.8) is 0 Å². The number of pyridine rings is 1. The summed E-state index contributed by atoms with van der Waals surface area (Å²) in [5.74, 6) is 0.127. The summed E-state index contributed by atoms with van der Waals surface area (Å²) in [4.78, 5) is 17.8. The lowest BCUT2D eigenvalue weighted by molar-refractivity contribution is -0.149. The minimum atomic E-state index is -0.706. The first-order valence-electron chi connectivity index (χ1n) is 11.9. The highest BCUT2D eigenvalue weighted by Crippen LogP contribution is 2.31. The Hall–Kier alpha value is -3.05. The van der Waals surface area contributed by atoms with Crippen LogP contribution in [0.1, 0.15) is 55.6 Å². The number of aromatic nitrogens is 1. The fraction of sp³-hybridized carbons (Fsp3) is 0.310. The van der Waals surface area contributed by atoms with E-state index in [2.05, 4.69) is 66.8 Å². The number of aliphatic carboxylic acids is 1. The molecule has 1 aromatic heterocycles. The first-order chi connectivity index (χ1) is 16.5. The van der Waals surface area contributed by atoms with E-state index < -0.39 is 11.4 Å². The predicted molar refractivity (Wildman–Crippen MR) is 144 cm³/mol. The van der Waals surface area contributed by atoms with E-state index >= 15 is 0 Å². The Morgan fingerprint density at radius 3 is 2.53 bits per heavy atom. The number of rotatable bonds is 12. The Balaban J connectivity index is 1.59. The molecule has 0 saturated heterocycles. The van der Waals surface area contributed by atoms with Crippen LogP contribution in [0.25, 0.3) is 12.2 Å². The first-order valence-corrected chi connectivity index (χ1v) is 12.8. The Morgan fingerprint density at radius 1 is 1.03 bits per heavy atom. The molecule has 178 valence electrons. The normalized spacial score (nSPS) is 11.6. The molecule has 0 unspecified atom stereocenters. The van der Waals surface area contributed by atoms with Gasteiger partial charge in [-0.2, -0.15) is 0 Å². The summed E-state index contributed by atoms with van der Waals surface area (Å²) < 4.78 is 0. The average molecular weight is 475 g/mol. The molecule has 1 heterocycles. The van der Waals surface area contributed by atoms with E-state index in [0.29, 0.717) is 25.8 Å². The molecule has 0 radical (unpaired) electrons. The van der Waals surface area contributed by atoms with Crippen LogP contribution in [0.4, 0.5) is 5.69 Å². The topological polar surface area (TPSA) is 62.2 Å². The highest BCUT2D eigenvalue weighted by molar-refractivity contribution is 7.98. The molecule has 0 aliphatic heterocycles. The van der Waals surface area contributed by atoms with Crippen LogP contribution in [0.3, 0.4) is 0 Å². The second-order valence-electron chi connectivity index (χ2n) is 8.54. The summed E-state index contributed by atoms with van der Waals surface area (Å²) in [6.45, 7) is 6.66. The molecule has 0 amide bonds. The molecule has 3 rings (SSSR count). The zero-order chi connectivity index (χ0) is 24.4. The summed E-state index contributed by atoms with van der Waals surface area (Å²) in [6.07, 6.45) is 5.97. The quantitative estimate of drug-likeness (QED) is 0.265. The second kappa shape index (κ2) is 12.4. The zero-order valence-corrected chi connectivity index (χ0v) is 21.1. The summed E-state index contributed by atoms with van der Waals surface area (Å²) in [5.41, 5.74) is 4.68. The van der Waals surface area contributed by atoms with Crippen LogP contribution >= 0.6 is 11.8 Å². The summed E-state index contributed by atoms with van der Waals surface area (Å²) in [5, 5.41) is 13.0. The first kappa shape index (κ1) is 25.6. The predicted octanol–water partition coefficient (Wildman–Crippen LogP) is 7.55. The van der Waals surface area contributed by atoms with Crippen molar-refractivity contribution in [1.82, 2.24) is 4.98 Å². The van der Waals surface area contributed by atoms with Gasteiger partial charge in [-0.25, -0.2) is 0 Å². The molecular weight excluding hydrogens is 440 g/mol. The minimum absolute atomic E-state index is 0.604. The van der Waals surface area contributed by atoms with Crippen molar-refractivity contribution in [3.05, 3.63) is 89.2 Å². The van der Waals surface area contributed by atoms with Crippen molar-refractivity contribution in [3.8, 4) is 0 Å². The lowest BCUT2D eigenvalue weighted by Gasteiger charge is -2.26. The Labute approximate surface area is 207 Å². The molecule has 2 aromatic carbocycles. The number of benzene rings is 2. The van der Waals surface area contributed by atoms with Gasteiger partial charge in [0.2, 0.25) is 0 Å². The molecule has 0 saturated carbocycles. The maximum Gasteiger partial charge on any atom is 0.309 e. The van der Waals surface area contributed by atoms with Gasteiger partial charge in [0.1, 0.15) is 0 Å². The van der Waals surface area contributed by atoms with E-state index in [4.69, 9.17) is 4.98 Å². The Morgan fingerprint density at radius 2 is 1.79 bits per heavy atom. The fourth-order valence-corrected chi connectivity index (χ4v) is 4.87. The molecule has 4 nitrogen and oxygen atoms in total. The van der Waals surface area contributed by atoms with Gasteiger partial charge in [0.15, 0.2) is 0 Å². The standard InChI is InChI=1S/C29H34N2O2S/c1-4-29(5-2,28(32)33)18-19-30-25-13-8-11-23(20-25)16-17-24-12-9-14-26(31-24)21-34-27-15-7-6-10-22(27)3/h6-17,20,30H,4-5,18-19,21H2,1-3H3,(H,32,33). The van der Waals surface area contributed by atoms with Crippen molar-refractivity contribution in [1.29, 1.82) is 0 Å². The maximum absolute atomic E-state index is 11.7. The van der Waals surface area contributed by atoms with E-state index in [1.807, 2.05) is 49.9 Å². The highest BCUT2D eigenvalue weighted by Gasteiger charge is 2.34. The summed E-state index contributed by atoms with van der Waals surface area (Å²) in [7, 11) is 0. The van der Waals surface area contributed by atoms with Gasteiger partial charge in [-0.15, -0.1) is 11.8 Å². The zero-order valence-electron chi connectivity index (χ0n) is 20.3. The Kier molecular flexibility index (Phi) is 9.34. The van der Waals surface area contributed by atoms with Crippen LogP contribution in [-0.4, -0.2) is 22.6 Å². The molecule has 5 heteroatoms. The van der Waals surface area contributed by atoms with Gasteiger partial charge in [0, 0.05) is 22.9 Å². The number of hydrogen-bond donors (Lipinski definition) is 2. The number of carboxylic acids is 1. The SMILES string of the molecule is CCC(CC)(CCNc1cccc(C=Cc2cccc(CSc3ccccc3C)n2)c1)C(=O)O. The maximum atomic E-state index is 11.7. The molecule has 0 fully saturated rings. The van der Waals surface area contributed by atoms with E-state index in [1.54, 1.807) is 0 Å². The van der Waals surface area contributed by atoms with Gasteiger partial charge >= 0.3 is 5.97 Å². The van der Waals surface area contributed by atoms with E-state index in [0.717, 1.165) is 28.4 Å². The molecule has 0 spiro atoms. The summed E-state index contributed by atoms with van der Waals surface area (Å²) in [6, 6.07) is 22.7. The molecule has 0 aliphatic rings. The summed E-state index contributed by atoms with van der Waals surface area (Å²) >= 11 is 1.81. The fourth-order valence-electron chi connectivity index (χ4n) is 3.93. The molecule has 34 heavy (non-hydrogen) atoms. The number of nitrogens with zero attached hydrogens (tertiary/aromatic N) is 1. The number of aryl methyl sites for hydroxylation is 1. The van der Waals surface area contributed by atoms with Gasteiger partial charge in [-0.1, -0.05) is 56.3 Å². The van der Waals surface area contributed by atoms with Crippen LogP contribution in [0, 0.1) is 12.3 Å². The third kappa shape index (κ3) is 6.97. The van der Waals surface area contributed by atoms with E-state index in [-0.39, 0.29) is 0 Å². The van der Waals surface area contributed by atoms with Gasteiger partial charge < -0.3 is 10.4 Å². The Bertz CT molecular complexity index is 1120. The monoisotopic (exact) mass is 474 g/mol. The van der Waals surface area contributed by atoms with Crippen LogP contribution in [0.15, 0.2) is 71.6 Å². The number of anilines is 1. The van der Waals surface area contributed by atoms with Crippen molar-refractivity contribution < 1.29 is 9.90 Å². The van der Waals surface area contributed by atoms with Crippen LogP contribution in [0.5, 0.6) is 0 Å². The van der Waals surface area contributed by atoms with Crippen LogP contribution < -0.4 is 5.32 Å². The lowest BCUT2D eigenvalue weighted by atomic mass is 9.79. The van der Waals surface area contributed by atoms with Gasteiger partial charge in [-0.3, -0.25) is 9.78 Å². The van der Waals surface area contributed by atoms with Crippen molar-refractivity contribution in [2.75, 3.05) is 11.9 Å². The van der Waals surface area contributed by atoms with E-state index in [1.165, 1.54) is 10.5 Å².